The second-order valence-electron chi connectivity index (χ2n) is 3.94. The minimum Gasteiger partial charge on any atom is -0.454 e. The van der Waals surface area contributed by atoms with E-state index in [0.717, 1.165) is 18.7 Å². The van der Waals surface area contributed by atoms with Gasteiger partial charge in [-0.25, -0.2) is 0 Å². The molecule has 0 fully saturated rings. The second-order valence-corrected chi connectivity index (χ2v) is 4.78. The van der Waals surface area contributed by atoms with E-state index in [0.29, 0.717) is 21.5 Å². The molecule has 1 aromatic heterocycles. The molecule has 0 spiro atoms. The first-order valence-electron chi connectivity index (χ1n) is 5.97. The van der Waals surface area contributed by atoms with Crippen molar-refractivity contribution in [2.45, 2.75) is 13.5 Å². The number of pyridine rings is 1. The molecule has 0 saturated heterocycles. The van der Waals surface area contributed by atoms with Crippen molar-refractivity contribution in [3.8, 4) is 11.5 Å². The fraction of sp³-hybridized carbons (Fsp3) is 0.214. The Bertz CT molecular complexity index is 561. The summed E-state index contributed by atoms with van der Waals surface area (Å²) in [7, 11) is 0. The number of hydrogen-bond donors (Lipinski definition) is 1. The number of nitrogens with zero attached hydrogens (tertiary/aromatic N) is 1. The van der Waals surface area contributed by atoms with Gasteiger partial charge in [0.25, 0.3) is 0 Å². The van der Waals surface area contributed by atoms with E-state index in [4.69, 9.17) is 27.9 Å². The van der Waals surface area contributed by atoms with Crippen molar-refractivity contribution in [1.29, 1.82) is 0 Å². The van der Waals surface area contributed by atoms with Crippen LogP contribution in [0.3, 0.4) is 0 Å². The van der Waals surface area contributed by atoms with Crippen LogP contribution in [-0.4, -0.2) is 11.5 Å². The normalized spacial score (nSPS) is 10.5. The van der Waals surface area contributed by atoms with Gasteiger partial charge in [0.2, 0.25) is 0 Å². The Kier molecular flexibility index (Phi) is 5.02. The van der Waals surface area contributed by atoms with Gasteiger partial charge in [-0.3, -0.25) is 4.98 Å². The fourth-order valence-electron chi connectivity index (χ4n) is 1.58. The third kappa shape index (κ3) is 3.83. The van der Waals surface area contributed by atoms with Crippen LogP contribution in [0, 0.1) is 0 Å². The highest BCUT2D eigenvalue weighted by molar-refractivity contribution is 6.35. The molecule has 0 aliphatic rings. The van der Waals surface area contributed by atoms with E-state index in [1.807, 2.05) is 6.07 Å². The molecule has 2 rings (SSSR count). The van der Waals surface area contributed by atoms with Crippen molar-refractivity contribution in [2.24, 2.45) is 0 Å². The highest BCUT2D eigenvalue weighted by Crippen LogP contribution is 2.32. The number of aromatic nitrogens is 1. The SMILES string of the molecule is CCNCc1ccncc1Oc1ccc(Cl)cc1Cl. The summed E-state index contributed by atoms with van der Waals surface area (Å²) in [5.74, 6) is 1.25. The summed E-state index contributed by atoms with van der Waals surface area (Å²) in [6.07, 6.45) is 3.42. The molecular weight excluding hydrogens is 283 g/mol. The standard InChI is InChI=1S/C14H14Cl2N2O/c1-2-17-8-10-5-6-18-9-14(10)19-13-4-3-11(15)7-12(13)16/h3-7,9,17H,2,8H2,1H3. The largest absolute Gasteiger partial charge is 0.454 e. The van der Waals surface area contributed by atoms with Crippen LogP contribution < -0.4 is 10.1 Å². The van der Waals surface area contributed by atoms with Crippen molar-refractivity contribution < 1.29 is 4.74 Å². The van der Waals surface area contributed by atoms with E-state index in [-0.39, 0.29) is 0 Å². The first-order valence-corrected chi connectivity index (χ1v) is 6.73. The predicted molar refractivity (Wildman–Crippen MR) is 78.2 cm³/mol. The summed E-state index contributed by atoms with van der Waals surface area (Å²) in [6, 6.07) is 7.05. The number of halogens is 2. The lowest BCUT2D eigenvalue weighted by atomic mass is 10.2. The molecule has 1 aromatic carbocycles. The Morgan fingerprint density at radius 1 is 1.21 bits per heavy atom. The molecule has 1 N–H and O–H groups in total. The van der Waals surface area contributed by atoms with E-state index >= 15 is 0 Å². The summed E-state index contributed by atoms with van der Waals surface area (Å²) in [5.41, 5.74) is 1.03. The van der Waals surface area contributed by atoms with Crippen LogP contribution in [-0.2, 0) is 6.54 Å². The number of benzene rings is 1. The Labute approximate surface area is 122 Å². The minimum absolute atomic E-state index is 0.478. The van der Waals surface area contributed by atoms with Crippen molar-refractivity contribution in [1.82, 2.24) is 10.3 Å². The minimum atomic E-state index is 0.478. The van der Waals surface area contributed by atoms with E-state index in [2.05, 4.69) is 17.2 Å². The maximum Gasteiger partial charge on any atom is 0.150 e. The molecule has 0 unspecified atom stereocenters. The van der Waals surface area contributed by atoms with E-state index in [9.17, 15) is 0 Å². The summed E-state index contributed by atoms with van der Waals surface area (Å²) >= 11 is 11.9. The van der Waals surface area contributed by atoms with E-state index in [1.165, 1.54) is 0 Å². The average Bonchev–Trinajstić information content (AvgIpc) is 2.41. The number of hydrogen-bond acceptors (Lipinski definition) is 3. The van der Waals surface area contributed by atoms with Gasteiger partial charge in [-0.15, -0.1) is 0 Å². The van der Waals surface area contributed by atoms with Crippen molar-refractivity contribution in [2.75, 3.05) is 6.54 Å². The van der Waals surface area contributed by atoms with Gasteiger partial charge >= 0.3 is 0 Å². The molecule has 0 amide bonds. The summed E-state index contributed by atoms with van der Waals surface area (Å²) < 4.78 is 5.80. The van der Waals surface area contributed by atoms with Gasteiger partial charge < -0.3 is 10.1 Å². The molecule has 0 atom stereocenters. The van der Waals surface area contributed by atoms with Crippen molar-refractivity contribution in [3.05, 3.63) is 52.3 Å². The molecule has 5 heteroatoms. The molecule has 1 heterocycles. The van der Waals surface area contributed by atoms with Gasteiger partial charge in [0.05, 0.1) is 11.2 Å². The first kappa shape index (κ1) is 14.1. The van der Waals surface area contributed by atoms with Gasteiger partial charge in [-0.1, -0.05) is 30.1 Å². The lowest BCUT2D eigenvalue weighted by molar-refractivity contribution is 0.471. The zero-order chi connectivity index (χ0) is 13.7. The fourth-order valence-corrected chi connectivity index (χ4v) is 2.03. The number of ether oxygens (including phenoxy) is 1. The Morgan fingerprint density at radius 3 is 2.79 bits per heavy atom. The van der Waals surface area contributed by atoms with E-state index in [1.54, 1.807) is 30.6 Å². The summed E-state index contributed by atoms with van der Waals surface area (Å²) in [6.45, 7) is 3.67. The van der Waals surface area contributed by atoms with Gasteiger partial charge in [0.15, 0.2) is 0 Å². The van der Waals surface area contributed by atoms with Gasteiger partial charge in [0, 0.05) is 23.3 Å². The Morgan fingerprint density at radius 2 is 2.05 bits per heavy atom. The van der Waals surface area contributed by atoms with Crippen molar-refractivity contribution in [3.63, 3.8) is 0 Å². The van der Waals surface area contributed by atoms with Crippen LogP contribution in [0.1, 0.15) is 12.5 Å². The van der Waals surface area contributed by atoms with Crippen LogP contribution in [0.15, 0.2) is 36.7 Å². The van der Waals surface area contributed by atoms with Crippen LogP contribution in [0.5, 0.6) is 11.5 Å². The number of nitrogens with one attached hydrogen (secondary N) is 1. The molecule has 2 aromatic rings. The van der Waals surface area contributed by atoms with Gasteiger partial charge in [-0.2, -0.15) is 0 Å². The average molecular weight is 297 g/mol. The zero-order valence-electron chi connectivity index (χ0n) is 10.5. The van der Waals surface area contributed by atoms with Gasteiger partial charge in [0.1, 0.15) is 11.5 Å². The molecule has 0 bridgehead atoms. The number of rotatable bonds is 5. The van der Waals surface area contributed by atoms with Crippen LogP contribution in [0.2, 0.25) is 10.0 Å². The van der Waals surface area contributed by atoms with Crippen LogP contribution in [0.4, 0.5) is 0 Å². The van der Waals surface area contributed by atoms with Crippen LogP contribution >= 0.6 is 23.2 Å². The predicted octanol–water partition coefficient (Wildman–Crippen LogP) is 4.29. The summed E-state index contributed by atoms with van der Waals surface area (Å²) in [4.78, 5) is 4.07. The molecule has 0 saturated carbocycles. The smallest absolute Gasteiger partial charge is 0.150 e. The molecule has 3 nitrogen and oxygen atoms in total. The topological polar surface area (TPSA) is 34.2 Å². The van der Waals surface area contributed by atoms with Crippen LogP contribution in [0.25, 0.3) is 0 Å². The maximum atomic E-state index is 6.09. The molecule has 0 aliphatic carbocycles. The molecule has 0 aliphatic heterocycles. The Hall–Kier alpha value is -1.29. The first-order chi connectivity index (χ1) is 9.20. The molecule has 19 heavy (non-hydrogen) atoms. The molecule has 100 valence electrons. The van der Waals surface area contributed by atoms with Gasteiger partial charge in [-0.05, 0) is 30.8 Å². The van der Waals surface area contributed by atoms with E-state index < -0.39 is 0 Å². The third-order valence-electron chi connectivity index (χ3n) is 2.55. The summed E-state index contributed by atoms with van der Waals surface area (Å²) in [5, 5.41) is 4.31. The zero-order valence-corrected chi connectivity index (χ0v) is 12.0. The van der Waals surface area contributed by atoms with Crippen molar-refractivity contribution >= 4 is 23.2 Å². The monoisotopic (exact) mass is 296 g/mol. The lowest BCUT2D eigenvalue weighted by Crippen LogP contribution is -2.12. The quantitative estimate of drug-likeness (QED) is 0.894. The highest BCUT2D eigenvalue weighted by Gasteiger charge is 2.08. The molecule has 0 radical (unpaired) electrons. The lowest BCUT2D eigenvalue weighted by Gasteiger charge is -2.12. The maximum absolute atomic E-state index is 6.09. The Balaban J connectivity index is 2.22. The second kappa shape index (κ2) is 6.75. The highest BCUT2D eigenvalue weighted by atomic mass is 35.5. The molecular formula is C14H14Cl2N2O. The third-order valence-corrected chi connectivity index (χ3v) is 3.08.